The number of nitrogens with zero attached hydrogens (tertiary/aromatic N) is 1. The molecule has 1 aromatic carbocycles. The van der Waals surface area contributed by atoms with Gasteiger partial charge in [0.25, 0.3) is 0 Å². The van der Waals surface area contributed by atoms with Gasteiger partial charge in [-0.3, -0.25) is 4.90 Å². The van der Waals surface area contributed by atoms with Crippen molar-refractivity contribution in [2.45, 2.75) is 43.9 Å². The SMILES string of the molecule is COCCN1[C@@H]2CC[C@H]1CC(Oc1ccc(N)cc1F)C2. The lowest BCUT2D eigenvalue weighted by Crippen LogP contribution is -2.47. The number of hydrogen-bond donors (Lipinski definition) is 1. The molecule has 4 nitrogen and oxygen atoms in total. The van der Waals surface area contributed by atoms with E-state index in [1.165, 1.54) is 18.9 Å². The number of nitrogens with two attached hydrogens (primary N) is 1. The fraction of sp³-hybridized carbons (Fsp3) is 0.625. The number of hydrogen-bond acceptors (Lipinski definition) is 4. The zero-order chi connectivity index (χ0) is 14.8. The third-order valence-corrected chi connectivity index (χ3v) is 4.64. The summed E-state index contributed by atoms with van der Waals surface area (Å²) in [5.41, 5.74) is 5.99. The highest BCUT2D eigenvalue weighted by molar-refractivity contribution is 5.42. The average Bonchev–Trinajstić information content (AvgIpc) is 2.69. The van der Waals surface area contributed by atoms with Crippen molar-refractivity contribution in [3.63, 3.8) is 0 Å². The van der Waals surface area contributed by atoms with E-state index in [1.807, 2.05) is 0 Å². The van der Waals surface area contributed by atoms with Crippen molar-refractivity contribution in [1.82, 2.24) is 4.90 Å². The Balaban J connectivity index is 1.62. The number of nitrogen functional groups attached to an aromatic ring is 1. The van der Waals surface area contributed by atoms with Gasteiger partial charge in [0.2, 0.25) is 0 Å². The number of methoxy groups -OCH3 is 1. The minimum atomic E-state index is -0.371. The highest BCUT2D eigenvalue weighted by atomic mass is 19.1. The molecule has 21 heavy (non-hydrogen) atoms. The van der Waals surface area contributed by atoms with Gasteiger partial charge in [-0.05, 0) is 37.8 Å². The molecule has 0 spiro atoms. The van der Waals surface area contributed by atoms with Crippen LogP contribution in [0.5, 0.6) is 5.75 Å². The molecule has 0 saturated carbocycles. The molecule has 2 bridgehead atoms. The summed E-state index contributed by atoms with van der Waals surface area (Å²) in [5.74, 6) is -0.0527. The van der Waals surface area contributed by atoms with Crippen LogP contribution in [0.2, 0.25) is 0 Å². The Kier molecular flexibility index (Phi) is 4.31. The summed E-state index contributed by atoms with van der Waals surface area (Å²) in [4.78, 5) is 2.53. The largest absolute Gasteiger partial charge is 0.487 e. The van der Waals surface area contributed by atoms with Crippen molar-refractivity contribution < 1.29 is 13.9 Å². The molecule has 0 radical (unpaired) electrons. The third kappa shape index (κ3) is 3.14. The van der Waals surface area contributed by atoms with Crippen molar-refractivity contribution >= 4 is 5.69 Å². The normalized spacial score (nSPS) is 28.8. The Morgan fingerprint density at radius 1 is 1.29 bits per heavy atom. The van der Waals surface area contributed by atoms with E-state index in [-0.39, 0.29) is 11.9 Å². The fourth-order valence-electron chi connectivity index (χ4n) is 3.67. The number of ether oxygens (including phenoxy) is 2. The van der Waals surface area contributed by atoms with E-state index < -0.39 is 0 Å². The van der Waals surface area contributed by atoms with Crippen LogP contribution in [0, 0.1) is 5.82 Å². The van der Waals surface area contributed by atoms with E-state index in [0.29, 0.717) is 23.5 Å². The molecule has 2 aliphatic heterocycles. The van der Waals surface area contributed by atoms with Gasteiger partial charge >= 0.3 is 0 Å². The van der Waals surface area contributed by atoms with Gasteiger partial charge < -0.3 is 15.2 Å². The van der Waals surface area contributed by atoms with Crippen LogP contribution in [-0.2, 0) is 4.74 Å². The molecule has 2 saturated heterocycles. The van der Waals surface area contributed by atoms with E-state index in [9.17, 15) is 4.39 Å². The van der Waals surface area contributed by atoms with Gasteiger partial charge in [-0.1, -0.05) is 0 Å². The van der Waals surface area contributed by atoms with Crippen LogP contribution in [0.1, 0.15) is 25.7 Å². The van der Waals surface area contributed by atoms with Crippen molar-refractivity contribution in [2.75, 3.05) is 26.0 Å². The van der Waals surface area contributed by atoms with Crippen molar-refractivity contribution in [2.24, 2.45) is 0 Å². The summed E-state index contributed by atoms with van der Waals surface area (Å²) >= 11 is 0. The zero-order valence-electron chi connectivity index (χ0n) is 12.4. The molecule has 3 atom stereocenters. The second-order valence-electron chi connectivity index (χ2n) is 6.02. The topological polar surface area (TPSA) is 47.7 Å². The number of halogens is 1. The molecule has 2 N–H and O–H groups in total. The summed E-state index contributed by atoms with van der Waals surface area (Å²) in [5, 5.41) is 0. The number of fused-ring (bicyclic) bond motifs is 2. The van der Waals surface area contributed by atoms with Crippen LogP contribution in [0.4, 0.5) is 10.1 Å². The van der Waals surface area contributed by atoms with Gasteiger partial charge in [-0.25, -0.2) is 4.39 Å². The lowest BCUT2D eigenvalue weighted by atomic mass is 9.99. The zero-order valence-corrected chi connectivity index (χ0v) is 12.4. The van der Waals surface area contributed by atoms with Crippen LogP contribution in [0.15, 0.2) is 18.2 Å². The summed E-state index contributed by atoms with van der Waals surface area (Å²) in [6.07, 6.45) is 4.43. The minimum Gasteiger partial charge on any atom is -0.487 e. The first-order valence-corrected chi connectivity index (χ1v) is 7.63. The van der Waals surface area contributed by atoms with Crippen LogP contribution in [-0.4, -0.2) is 43.3 Å². The predicted octanol–water partition coefficient (Wildman–Crippen LogP) is 2.43. The molecule has 1 unspecified atom stereocenters. The number of piperidine rings is 1. The minimum absolute atomic E-state index is 0.0967. The molecular weight excluding hydrogens is 271 g/mol. The lowest BCUT2D eigenvalue weighted by Gasteiger charge is -2.38. The highest BCUT2D eigenvalue weighted by Crippen LogP contribution is 2.37. The average molecular weight is 294 g/mol. The van der Waals surface area contributed by atoms with E-state index in [1.54, 1.807) is 19.2 Å². The molecule has 2 fully saturated rings. The predicted molar refractivity (Wildman–Crippen MR) is 79.9 cm³/mol. The maximum absolute atomic E-state index is 13.8. The summed E-state index contributed by atoms with van der Waals surface area (Å²) in [6.45, 7) is 1.75. The number of benzene rings is 1. The number of anilines is 1. The van der Waals surface area contributed by atoms with Gasteiger partial charge in [-0.15, -0.1) is 0 Å². The molecule has 5 heteroatoms. The molecular formula is C16H23FN2O2. The molecule has 2 heterocycles. The number of rotatable bonds is 5. The first-order valence-electron chi connectivity index (χ1n) is 7.63. The summed E-state index contributed by atoms with van der Waals surface area (Å²) in [6, 6.07) is 5.71. The first kappa shape index (κ1) is 14.6. The molecule has 1 aromatic rings. The van der Waals surface area contributed by atoms with Gasteiger partial charge in [0, 0.05) is 37.5 Å². The van der Waals surface area contributed by atoms with E-state index in [0.717, 1.165) is 26.0 Å². The van der Waals surface area contributed by atoms with E-state index >= 15 is 0 Å². The molecule has 0 aromatic heterocycles. The Morgan fingerprint density at radius 3 is 2.62 bits per heavy atom. The van der Waals surface area contributed by atoms with Crippen molar-refractivity contribution in [3.8, 4) is 5.75 Å². The standard InChI is InChI=1S/C16H23FN2O2/c1-20-7-6-19-12-3-4-13(19)10-14(9-12)21-16-5-2-11(18)8-15(16)17/h2,5,8,12-14H,3-4,6-7,9-10,18H2,1H3/t12-,13+,14?. The Hall–Kier alpha value is -1.33. The third-order valence-electron chi connectivity index (χ3n) is 4.64. The van der Waals surface area contributed by atoms with Gasteiger partial charge in [0.1, 0.15) is 6.10 Å². The van der Waals surface area contributed by atoms with E-state index in [4.69, 9.17) is 15.2 Å². The van der Waals surface area contributed by atoms with Gasteiger partial charge in [0.05, 0.1) is 6.61 Å². The maximum atomic E-state index is 13.8. The quantitative estimate of drug-likeness (QED) is 0.847. The van der Waals surface area contributed by atoms with Crippen LogP contribution < -0.4 is 10.5 Å². The molecule has 3 rings (SSSR count). The first-order chi connectivity index (χ1) is 10.2. The monoisotopic (exact) mass is 294 g/mol. The molecule has 2 aliphatic rings. The van der Waals surface area contributed by atoms with Crippen LogP contribution in [0.25, 0.3) is 0 Å². The second-order valence-corrected chi connectivity index (χ2v) is 6.02. The smallest absolute Gasteiger partial charge is 0.167 e. The second kappa shape index (κ2) is 6.20. The van der Waals surface area contributed by atoms with Crippen LogP contribution >= 0.6 is 0 Å². The molecule has 0 aliphatic carbocycles. The molecule has 0 amide bonds. The van der Waals surface area contributed by atoms with Gasteiger partial charge in [-0.2, -0.15) is 0 Å². The lowest BCUT2D eigenvalue weighted by molar-refractivity contribution is 0.0316. The molecule has 116 valence electrons. The Morgan fingerprint density at radius 2 is 2.00 bits per heavy atom. The van der Waals surface area contributed by atoms with Crippen molar-refractivity contribution in [3.05, 3.63) is 24.0 Å². The van der Waals surface area contributed by atoms with Gasteiger partial charge in [0.15, 0.2) is 11.6 Å². The fourth-order valence-corrected chi connectivity index (χ4v) is 3.67. The van der Waals surface area contributed by atoms with Crippen LogP contribution in [0.3, 0.4) is 0 Å². The Bertz CT molecular complexity index is 483. The highest BCUT2D eigenvalue weighted by Gasteiger charge is 2.41. The summed E-state index contributed by atoms with van der Waals surface area (Å²) < 4.78 is 24.9. The Labute approximate surface area is 125 Å². The van der Waals surface area contributed by atoms with E-state index in [2.05, 4.69) is 4.90 Å². The van der Waals surface area contributed by atoms with Crippen molar-refractivity contribution in [1.29, 1.82) is 0 Å². The summed E-state index contributed by atoms with van der Waals surface area (Å²) in [7, 11) is 1.74. The maximum Gasteiger partial charge on any atom is 0.167 e.